The number of hydrogen-bond acceptors (Lipinski definition) is 4. The first-order chi connectivity index (χ1) is 7.92. The van der Waals surface area contributed by atoms with Gasteiger partial charge in [0.1, 0.15) is 0 Å². The van der Waals surface area contributed by atoms with Crippen molar-refractivity contribution in [2.75, 3.05) is 11.9 Å². The van der Waals surface area contributed by atoms with E-state index < -0.39 is 11.6 Å². The molecule has 6 nitrogen and oxygen atoms in total. The lowest BCUT2D eigenvalue weighted by molar-refractivity contribution is 0.0170. The van der Waals surface area contributed by atoms with E-state index in [1.807, 2.05) is 13.8 Å². The molecule has 1 aromatic heterocycles. The summed E-state index contributed by atoms with van der Waals surface area (Å²) in [5, 5.41) is 22.4. The van der Waals surface area contributed by atoms with E-state index in [2.05, 4.69) is 20.8 Å². The zero-order chi connectivity index (χ0) is 12.9. The molecule has 1 atom stereocenters. The highest BCUT2D eigenvalue weighted by molar-refractivity contribution is 5.88. The van der Waals surface area contributed by atoms with Crippen LogP contribution in [-0.4, -0.2) is 33.5 Å². The van der Waals surface area contributed by atoms with Crippen molar-refractivity contribution in [2.24, 2.45) is 5.92 Å². The normalized spacial score (nSPS) is 14.2. The first-order valence-electron chi connectivity index (χ1n) is 5.47. The highest BCUT2D eigenvalue weighted by Crippen LogP contribution is 2.14. The fourth-order valence-electron chi connectivity index (χ4n) is 0.992. The van der Waals surface area contributed by atoms with Gasteiger partial charge in [-0.15, -0.1) is 5.10 Å². The van der Waals surface area contributed by atoms with E-state index in [0.29, 0.717) is 5.82 Å². The molecule has 6 heteroatoms. The Morgan fingerprint density at radius 2 is 2.29 bits per heavy atom. The van der Waals surface area contributed by atoms with Crippen molar-refractivity contribution in [3.63, 3.8) is 0 Å². The van der Waals surface area contributed by atoms with Crippen molar-refractivity contribution in [3.8, 4) is 0 Å². The van der Waals surface area contributed by atoms with Gasteiger partial charge in [-0.2, -0.15) is 5.10 Å². The van der Waals surface area contributed by atoms with Crippen LogP contribution in [0.1, 0.15) is 20.8 Å². The molecule has 0 radical (unpaired) electrons. The molecule has 2 amide bonds. The van der Waals surface area contributed by atoms with Gasteiger partial charge in [0.05, 0.1) is 5.60 Å². The number of rotatable bonds is 4. The molecule has 0 aliphatic carbocycles. The number of nitrogens with one attached hydrogen (secondary N) is 2. The van der Waals surface area contributed by atoms with Crippen LogP contribution in [0.25, 0.3) is 0 Å². The zero-order valence-corrected chi connectivity index (χ0v) is 10.3. The molecule has 0 fully saturated rings. The molecule has 1 unspecified atom stereocenters. The Balaban J connectivity index is 2.41. The van der Waals surface area contributed by atoms with Crippen LogP contribution in [0.3, 0.4) is 0 Å². The van der Waals surface area contributed by atoms with E-state index in [1.54, 1.807) is 19.1 Å². The number of amides is 2. The van der Waals surface area contributed by atoms with Crippen LogP contribution in [0, 0.1) is 5.92 Å². The molecular weight excluding hydrogens is 220 g/mol. The Hall–Kier alpha value is -1.69. The highest BCUT2D eigenvalue weighted by atomic mass is 16.3. The fourth-order valence-corrected chi connectivity index (χ4v) is 0.992. The molecule has 0 saturated carbocycles. The Kier molecular flexibility index (Phi) is 4.39. The van der Waals surface area contributed by atoms with E-state index in [-0.39, 0.29) is 12.5 Å². The molecule has 1 rings (SSSR count). The molecule has 0 aliphatic heterocycles. The molecule has 3 N–H and O–H groups in total. The lowest BCUT2D eigenvalue weighted by atomic mass is 9.93. The van der Waals surface area contributed by atoms with Gasteiger partial charge < -0.3 is 10.4 Å². The summed E-state index contributed by atoms with van der Waals surface area (Å²) < 4.78 is 0. The highest BCUT2D eigenvalue weighted by Gasteiger charge is 2.25. The van der Waals surface area contributed by atoms with Crippen molar-refractivity contribution >= 4 is 11.8 Å². The third-order valence-electron chi connectivity index (χ3n) is 2.66. The molecule has 17 heavy (non-hydrogen) atoms. The predicted octanol–water partition coefficient (Wildman–Crippen LogP) is 1.01. The summed E-state index contributed by atoms with van der Waals surface area (Å²) >= 11 is 0. The van der Waals surface area contributed by atoms with Gasteiger partial charge in [0.15, 0.2) is 5.82 Å². The van der Waals surface area contributed by atoms with E-state index in [0.717, 1.165) is 0 Å². The maximum absolute atomic E-state index is 11.5. The summed E-state index contributed by atoms with van der Waals surface area (Å²) in [5.41, 5.74) is -0.931. The Labute approximate surface area is 100 Å². The molecular formula is C11H18N4O2. The number of hydrogen-bond donors (Lipinski definition) is 3. The van der Waals surface area contributed by atoms with Crippen molar-refractivity contribution < 1.29 is 9.90 Å². The monoisotopic (exact) mass is 238 g/mol. The van der Waals surface area contributed by atoms with Gasteiger partial charge in [-0.3, -0.25) is 5.32 Å². The van der Waals surface area contributed by atoms with Crippen LogP contribution in [0.15, 0.2) is 18.3 Å². The van der Waals surface area contributed by atoms with Crippen LogP contribution in [0.5, 0.6) is 0 Å². The lowest BCUT2D eigenvalue weighted by Gasteiger charge is -2.27. The van der Waals surface area contributed by atoms with Gasteiger partial charge in [-0.05, 0) is 25.0 Å². The number of carbonyl (C=O) groups excluding carboxylic acids is 1. The molecule has 0 saturated heterocycles. The zero-order valence-electron chi connectivity index (χ0n) is 10.3. The van der Waals surface area contributed by atoms with Crippen molar-refractivity contribution in [1.29, 1.82) is 0 Å². The Morgan fingerprint density at radius 1 is 1.59 bits per heavy atom. The first-order valence-corrected chi connectivity index (χ1v) is 5.47. The SMILES string of the molecule is CC(C)C(C)(O)CNC(=O)Nc1cccnn1. The van der Waals surface area contributed by atoms with E-state index >= 15 is 0 Å². The summed E-state index contributed by atoms with van der Waals surface area (Å²) in [4.78, 5) is 11.5. The van der Waals surface area contributed by atoms with Crippen molar-refractivity contribution in [3.05, 3.63) is 18.3 Å². The lowest BCUT2D eigenvalue weighted by Crippen LogP contribution is -2.45. The van der Waals surface area contributed by atoms with E-state index in [4.69, 9.17) is 0 Å². The van der Waals surface area contributed by atoms with Gasteiger partial charge in [-0.1, -0.05) is 13.8 Å². The Morgan fingerprint density at radius 3 is 2.82 bits per heavy atom. The second-order valence-electron chi connectivity index (χ2n) is 4.43. The smallest absolute Gasteiger partial charge is 0.320 e. The summed E-state index contributed by atoms with van der Waals surface area (Å²) in [5.74, 6) is 0.425. The fraction of sp³-hybridized carbons (Fsp3) is 0.545. The molecule has 1 aromatic rings. The van der Waals surface area contributed by atoms with E-state index in [9.17, 15) is 9.90 Å². The third kappa shape index (κ3) is 4.36. The summed E-state index contributed by atoms with van der Waals surface area (Å²) in [6, 6.07) is 2.89. The number of aromatic nitrogens is 2. The van der Waals surface area contributed by atoms with Gasteiger partial charge in [0.25, 0.3) is 0 Å². The summed E-state index contributed by atoms with van der Waals surface area (Å²) in [6.07, 6.45) is 1.52. The van der Waals surface area contributed by atoms with E-state index in [1.165, 1.54) is 6.20 Å². The van der Waals surface area contributed by atoms with Crippen molar-refractivity contribution in [2.45, 2.75) is 26.4 Å². The van der Waals surface area contributed by atoms with Crippen LogP contribution in [-0.2, 0) is 0 Å². The maximum atomic E-state index is 11.5. The summed E-state index contributed by atoms with van der Waals surface area (Å²) in [6.45, 7) is 5.64. The van der Waals surface area contributed by atoms with Crippen LogP contribution < -0.4 is 10.6 Å². The molecule has 0 aromatic carbocycles. The van der Waals surface area contributed by atoms with Gasteiger partial charge in [-0.25, -0.2) is 4.79 Å². The second kappa shape index (κ2) is 5.58. The number of urea groups is 1. The molecule has 0 bridgehead atoms. The molecule has 0 aliphatic rings. The average Bonchev–Trinajstić information content (AvgIpc) is 2.28. The van der Waals surface area contributed by atoms with Gasteiger partial charge in [0, 0.05) is 12.7 Å². The second-order valence-corrected chi connectivity index (χ2v) is 4.43. The predicted molar refractivity (Wildman–Crippen MR) is 64.5 cm³/mol. The van der Waals surface area contributed by atoms with Gasteiger partial charge in [0.2, 0.25) is 0 Å². The van der Waals surface area contributed by atoms with Gasteiger partial charge >= 0.3 is 6.03 Å². The third-order valence-corrected chi connectivity index (χ3v) is 2.66. The quantitative estimate of drug-likeness (QED) is 0.730. The molecule has 94 valence electrons. The number of carbonyl (C=O) groups is 1. The van der Waals surface area contributed by atoms with Crippen molar-refractivity contribution in [1.82, 2.24) is 15.5 Å². The molecule has 0 spiro atoms. The minimum atomic E-state index is -0.931. The van der Waals surface area contributed by atoms with Crippen LogP contribution >= 0.6 is 0 Å². The number of nitrogens with zero attached hydrogens (tertiary/aromatic N) is 2. The largest absolute Gasteiger partial charge is 0.388 e. The maximum Gasteiger partial charge on any atom is 0.320 e. The topological polar surface area (TPSA) is 87.1 Å². The minimum Gasteiger partial charge on any atom is -0.388 e. The number of anilines is 1. The minimum absolute atomic E-state index is 0.0549. The van der Waals surface area contributed by atoms with Crippen LogP contribution in [0.4, 0.5) is 10.6 Å². The standard InChI is InChI=1S/C11H18N4O2/c1-8(2)11(3,17)7-12-10(16)14-9-5-4-6-13-15-9/h4-6,8,17H,7H2,1-3H3,(H2,12,14,15,16). The first kappa shape index (κ1) is 13.4. The summed E-state index contributed by atoms with van der Waals surface area (Å²) in [7, 11) is 0. The molecule has 1 heterocycles. The average molecular weight is 238 g/mol. The Bertz CT molecular complexity index is 365. The number of aliphatic hydroxyl groups is 1. The van der Waals surface area contributed by atoms with Crippen LogP contribution in [0.2, 0.25) is 0 Å².